The summed E-state index contributed by atoms with van der Waals surface area (Å²) in [4.78, 5) is 49.8. The molecule has 0 spiro atoms. The number of nitrogens with zero attached hydrogens (tertiary/aromatic N) is 1. The van der Waals surface area contributed by atoms with E-state index in [0.29, 0.717) is 44.1 Å². The fraction of sp³-hybridized carbons (Fsp3) is 0.520. The van der Waals surface area contributed by atoms with Crippen molar-refractivity contribution in [3.05, 3.63) is 41.0 Å². The second-order valence-electron chi connectivity index (χ2n) is 9.37. The minimum Gasteiger partial charge on any atom is -0.359 e. The number of amides is 6. The van der Waals surface area contributed by atoms with Crippen molar-refractivity contribution in [3.8, 4) is 0 Å². The molecule has 12 heteroatoms. The molecule has 1 aromatic rings. The number of nitrogens with one attached hydrogen (secondary N) is 4. The quantitative estimate of drug-likeness (QED) is 0.400. The van der Waals surface area contributed by atoms with Gasteiger partial charge < -0.3 is 16.0 Å². The number of rotatable bonds is 8. The minimum absolute atomic E-state index is 0.0176. The lowest BCUT2D eigenvalue weighted by atomic mass is 9.85. The maximum atomic E-state index is 12.6. The zero-order valence-electron chi connectivity index (χ0n) is 21.4. The number of sulfonamides is 1. The molecule has 0 unspecified atom stereocenters. The van der Waals surface area contributed by atoms with Gasteiger partial charge in [0.2, 0.25) is 5.91 Å². The summed E-state index contributed by atoms with van der Waals surface area (Å²) in [5.41, 5.74) is 2.35. The van der Waals surface area contributed by atoms with Gasteiger partial charge in [-0.05, 0) is 68.7 Å². The molecule has 37 heavy (non-hydrogen) atoms. The highest BCUT2D eigenvalue weighted by Crippen LogP contribution is 2.24. The fourth-order valence-corrected chi connectivity index (χ4v) is 5.63. The molecule has 0 aromatic heterocycles. The lowest BCUT2D eigenvalue weighted by Gasteiger charge is -2.28. The first-order valence-corrected chi connectivity index (χ1v) is 14.0. The van der Waals surface area contributed by atoms with Gasteiger partial charge in [-0.1, -0.05) is 19.1 Å². The van der Waals surface area contributed by atoms with E-state index >= 15 is 0 Å². The largest absolute Gasteiger partial charge is 0.359 e. The molecule has 3 rings (SSSR count). The van der Waals surface area contributed by atoms with Crippen LogP contribution in [0, 0.1) is 5.92 Å². The average Bonchev–Trinajstić information content (AvgIpc) is 3.16. The van der Waals surface area contributed by atoms with Crippen molar-refractivity contribution in [2.75, 3.05) is 20.1 Å². The lowest BCUT2D eigenvalue weighted by molar-refractivity contribution is -0.125. The number of hydrogen-bond acceptors (Lipinski definition) is 6. The Morgan fingerprint density at radius 1 is 1.05 bits per heavy atom. The van der Waals surface area contributed by atoms with Crippen molar-refractivity contribution in [3.63, 3.8) is 0 Å². The molecule has 6 amide bonds. The standard InChI is InChI=1S/C25H35N5O6S/c1-4-21-16(2)15-30(23(21)32)25(34)27-14-13-17-5-11-20(12-6-17)37(35,36)29-24(33)28-19-9-7-18(8-10-19)22(31)26-3/h5-6,11-12,18-19H,4,7-10,13-15H2,1-3H3,(H,26,31)(H,27,34)(H2,28,29,33). The van der Waals surface area contributed by atoms with Gasteiger partial charge in [-0.15, -0.1) is 0 Å². The van der Waals surface area contributed by atoms with E-state index in [9.17, 15) is 27.6 Å². The minimum atomic E-state index is -4.06. The van der Waals surface area contributed by atoms with Gasteiger partial charge >= 0.3 is 12.1 Å². The van der Waals surface area contributed by atoms with Crippen LogP contribution in [-0.4, -0.2) is 63.4 Å². The molecular formula is C25H35N5O6S. The number of hydrogen-bond donors (Lipinski definition) is 4. The molecular weight excluding hydrogens is 498 g/mol. The topological polar surface area (TPSA) is 154 Å². The SMILES string of the molecule is CCC1=C(C)CN(C(=O)NCCc2ccc(S(=O)(=O)NC(=O)NC3CCC(C(=O)NC)CC3)cc2)C1=O. The highest BCUT2D eigenvalue weighted by molar-refractivity contribution is 7.90. The van der Waals surface area contributed by atoms with Crippen molar-refractivity contribution >= 4 is 33.9 Å². The molecule has 202 valence electrons. The van der Waals surface area contributed by atoms with Crippen molar-refractivity contribution in [2.45, 2.75) is 63.3 Å². The van der Waals surface area contributed by atoms with Crippen molar-refractivity contribution in [1.82, 2.24) is 25.6 Å². The Labute approximate surface area is 217 Å². The van der Waals surface area contributed by atoms with E-state index in [1.165, 1.54) is 17.0 Å². The van der Waals surface area contributed by atoms with Gasteiger partial charge in [0.1, 0.15) is 0 Å². The van der Waals surface area contributed by atoms with E-state index in [-0.39, 0.29) is 41.8 Å². The van der Waals surface area contributed by atoms with E-state index in [2.05, 4.69) is 16.0 Å². The van der Waals surface area contributed by atoms with Crippen LogP contribution in [0.2, 0.25) is 0 Å². The van der Waals surface area contributed by atoms with Crippen LogP contribution in [0.25, 0.3) is 0 Å². The normalized spacial score (nSPS) is 20.0. The van der Waals surface area contributed by atoms with Gasteiger partial charge in [0.15, 0.2) is 0 Å². The van der Waals surface area contributed by atoms with Gasteiger partial charge in [-0.2, -0.15) is 0 Å². The molecule has 1 saturated carbocycles. The summed E-state index contributed by atoms with van der Waals surface area (Å²) in [7, 11) is -2.47. The first kappa shape index (κ1) is 28.2. The van der Waals surface area contributed by atoms with E-state index in [1.807, 2.05) is 18.6 Å². The molecule has 0 bridgehead atoms. The third kappa shape index (κ3) is 7.09. The van der Waals surface area contributed by atoms with E-state index < -0.39 is 22.1 Å². The summed E-state index contributed by atoms with van der Waals surface area (Å²) < 4.78 is 27.3. The zero-order valence-corrected chi connectivity index (χ0v) is 22.2. The molecule has 0 saturated heterocycles. The van der Waals surface area contributed by atoms with Gasteiger partial charge in [0.05, 0.1) is 11.4 Å². The Bertz CT molecular complexity index is 1170. The highest BCUT2D eigenvalue weighted by atomic mass is 32.2. The zero-order chi connectivity index (χ0) is 27.2. The maximum Gasteiger partial charge on any atom is 0.328 e. The number of benzene rings is 1. The van der Waals surface area contributed by atoms with Crippen molar-refractivity contribution in [2.24, 2.45) is 5.92 Å². The number of imide groups is 1. The highest BCUT2D eigenvalue weighted by Gasteiger charge is 2.31. The average molecular weight is 534 g/mol. The van der Waals surface area contributed by atoms with Gasteiger partial charge in [-0.3, -0.25) is 14.5 Å². The number of carbonyl (C=O) groups is 4. The Kier molecular flexibility index (Phi) is 9.30. The lowest BCUT2D eigenvalue weighted by Crippen LogP contribution is -2.46. The van der Waals surface area contributed by atoms with Crippen LogP contribution in [0.1, 0.15) is 51.5 Å². The number of urea groups is 2. The predicted molar refractivity (Wildman–Crippen MR) is 137 cm³/mol. The predicted octanol–water partition coefficient (Wildman–Crippen LogP) is 1.80. The number of carbonyl (C=O) groups excluding carboxylic acids is 4. The summed E-state index contributed by atoms with van der Waals surface area (Å²) in [5, 5.41) is 8.02. The third-order valence-corrected chi connectivity index (χ3v) is 8.19. The second-order valence-corrected chi connectivity index (χ2v) is 11.1. The Morgan fingerprint density at radius 3 is 2.27 bits per heavy atom. The molecule has 0 radical (unpaired) electrons. The molecule has 1 fully saturated rings. The van der Waals surface area contributed by atoms with Gasteiger partial charge in [-0.25, -0.2) is 22.7 Å². The summed E-state index contributed by atoms with van der Waals surface area (Å²) in [6.07, 6.45) is 3.47. The van der Waals surface area contributed by atoms with Crippen LogP contribution in [-0.2, 0) is 26.0 Å². The summed E-state index contributed by atoms with van der Waals surface area (Å²) in [6.45, 7) is 4.29. The van der Waals surface area contributed by atoms with Crippen LogP contribution in [0.5, 0.6) is 0 Å². The summed E-state index contributed by atoms with van der Waals surface area (Å²) >= 11 is 0. The Morgan fingerprint density at radius 2 is 1.70 bits per heavy atom. The Balaban J connectivity index is 1.44. The molecule has 4 N–H and O–H groups in total. The van der Waals surface area contributed by atoms with Crippen LogP contribution in [0.15, 0.2) is 40.3 Å². The van der Waals surface area contributed by atoms with Crippen LogP contribution in [0.3, 0.4) is 0 Å². The summed E-state index contributed by atoms with van der Waals surface area (Å²) in [5.74, 6) is -0.365. The molecule has 1 aliphatic heterocycles. The molecule has 1 heterocycles. The molecule has 2 aliphatic rings. The first-order valence-electron chi connectivity index (χ1n) is 12.5. The maximum absolute atomic E-state index is 12.6. The molecule has 1 aliphatic carbocycles. The van der Waals surface area contributed by atoms with Gasteiger partial charge in [0, 0.05) is 31.1 Å². The van der Waals surface area contributed by atoms with Crippen LogP contribution in [0.4, 0.5) is 9.59 Å². The fourth-order valence-electron chi connectivity index (χ4n) is 4.71. The molecule has 11 nitrogen and oxygen atoms in total. The van der Waals surface area contributed by atoms with Crippen LogP contribution >= 0.6 is 0 Å². The monoisotopic (exact) mass is 533 g/mol. The Hall–Kier alpha value is -3.41. The van der Waals surface area contributed by atoms with E-state index in [4.69, 9.17) is 0 Å². The molecule has 1 aromatic carbocycles. The van der Waals surface area contributed by atoms with E-state index in [1.54, 1.807) is 19.2 Å². The second kappa shape index (κ2) is 12.2. The summed E-state index contributed by atoms with van der Waals surface area (Å²) in [6, 6.07) is 4.56. The van der Waals surface area contributed by atoms with Crippen LogP contribution < -0.4 is 20.7 Å². The van der Waals surface area contributed by atoms with Gasteiger partial charge in [0.25, 0.3) is 15.9 Å². The first-order chi connectivity index (χ1) is 17.6. The van der Waals surface area contributed by atoms with Crippen molar-refractivity contribution < 1.29 is 27.6 Å². The van der Waals surface area contributed by atoms with E-state index in [0.717, 1.165) is 11.1 Å². The third-order valence-electron chi connectivity index (χ3n) is 6.84. The van der Waals surface area contributed by atoms with Crippen molar-refractivity contribution in [1.29, 1.82) is 0 Å². The molecule has 0 atom stereocenters. The smallest absolute Gasteiger partial charge is 0.328 e.